The van der Waals surface area contributed by atoms with Gasteiger partial charge in [-0.1, -0.05) is 60.7 Å². The average molecular weight is 572 g/mol. The predicted octanol–water partition coefficient (Wildman–Crippen LogP) is 10.2. The smallest absolute Gasteiger partial charge is 0.151 e. The van der Waals surface area contributed by atoms with E-state index in [9.17, 15) is 0 Å². The third-order valence-corrected chi connectivity index (χ3v) is 7.97. The minimum Gasteiger partial charge on any atom is -0.453 e. The number of fused-ring (bicyclic) bond motifs is 4. The van der Waals surface area contributed by atoms with Crippen molar-refractivity contribution in [3.8, 4) is 11.5 Å². The Hall–Kier alpha value is -6.14. The fourth-order valence-electron chi connectivity index (χ4n) is 5.84. The largest absolute Gasteiger partial charge is 0.453 e. The maximum Gasteiger partial charge on any atom is 0.151 e. The molecule has 6 aromatic rings. The van der Waals surface area contributed by atoms with Gasteiger partial charge in [-0.05, 0) is 90.5 Å². The molecule has 0 unspecified atom stereocenters. The Kier molecular flexibility index (Phi) is 6.16. The summed E-state index contributed by atoms with van der Waals surface area (Å²) < 4.78 is 6.15. The zero-order chi connectivity index (χ0) is 29.5. The number of hydrogen-bond acceptors (Lipinski definition) is 6. The van der Waals surface area contributed by atoms with Gasteiger partial charge in [0.15, 0.2) is 11.5 Å². The molecule has 0 spiro atoms. The molecule has 2 heterocycles. The fourth-order valence-corrected chi connectivity index (χ4v) is 5.84. The van der Waals surface area contributed by atoms with Crippen LogP contribution in [0.2, 0.25) is 0 Å². The van der Waals surface area contributed by atoms with E-state index in [2.05, 4.69) is 117 Å². The van der Waals surface area contributed by atoms with Gasteiger partial charge in [-0.2, -0.15) is 0 Å². The topological polar surface area (TPSA) is 65.8 Å². The molecule has 6 heteroatoms. The first-order chi connectivity index (χ1) is 21.7. The number of benzene rings is 6. The van der Waals surface area contributed by atoms with E-state index < -0.39 is 0 Å². The van der Waals surface area contributed by atoms with Crippen molar-refractivity contribution in [3.63, 3.8) is 0 Å². The number of hydrogen-bond donors (Lipinski definition) is 3. The third-order valence-electron chi connectivity index (χ3n) is 7.97. The van der Waals surface area contributed by atoms with E-state index in [4.69, 9.17) is 10.5 Å². The van der Waals surface area contributed by atoms with Crippen molar-refractivity contribution in [2.24, 2.45) is 5.73 Å². The first-order valence-corrected chi connectivity index (χ1v) is 14.6. The monoisotopic (exact) mass is 571 g/mol. The van der Waals surface area contributed by atoms with Gasteiger partial charge in [-0.15, -0.1) is 0 Å². The molecule has 0 aliphatic carbocycles. The van der Waals surface area contributed by atoms with Gasteiger partial charge in [-0.25, -0.2) is 0 Å². The molecule has 8 rings (SSSR count). The summed E-state index contributed by atoms with van der Waals surface area (Å²) in [5, 5.41) is 6.91. The lowest BCUT2D eigenvalue weighted by molar-refractivity contribution is 0.477. The molecule has 6 aromatic carbocycles. The minimum absolute atomic E-state index is 0.651. The standard InChI is InChI=1S/C38H29N5O/c39-30(26-17-21-28(22-18-26)42-33-11-3-1-9-31(33)41-32-10-2-4-12-34(32)42)25-40-27-19-23-29(24-20-27)43-35-13-5-7-15-37(35)44-38-16-8-6-14-36(38)43/h1-25,40-41H,39H2/b30-25-. The molecular weight excluding hydrogens is 542 g/mol. The molecule has 0 fully saturated rings. The lowest BCUT2D eigenvalue weighted by atomic mass is 10.1. The maximum atomic E-state index is 6.53. The van der Waals surface area contributed by atoms with E-state index in [1.165, 1.54) is 0 Å². The molecule has 44 heavy (non-hydrogen) atoms. The summed E-state index contributed by atoms with van der Waals surface area (Å²) in [7, 11) is 0. The Morgan fingerprint density at radius 3 is 1.57 bits per heavy atom. The predicted molar refractivity (Wildman–Crippen MR) is 181 cm³/mol. The Labute approximate surface area is 256 Å². The van der Waals surface area contributed by atoms with Crippen LogP contribution in [0.1, 0.15) is 5.56 Å². The van der Waals surface area contributed by atoms with E-state index >= 15 is 0 Å². The molecule has 0 bridgehead atoms. The highest BCUT2D eigenvalue weighted by atomic mass is 16.5. The lowest BCUT2D eigenvalue weighted by Crippen LogP contribution is -2.17. The number of rotatable bonds is 5. The van der Waals surface area contributed by atoms with E-state index in [1.54, 1.807) is 0 Å². The van der Waals surface area contributed by atoms with Gasteiger partial charge >= 0.3 is 0 Å². The second-order valence-corrected chi connectivity index (χ2v) is 10.7. The van der Waals surface area contributed by atoms with Crippen LogP contribution in [-0.2, 0) is 0 Å². The molecule has 0 saturated carbocycles. The summed E-state index contributed by atoms with van der Waals surface area (Å²) in [6.45, 7) is 0. The first kappa shape index (κ1) is 25.6. The molecule has 0 amide bonds. The number of para-hydroxylation sites is 8. The molecule has 212 valence electrons. The Bertz CT molecular complexity index is 1930. The Morgan fingerprint density at radius 2 is 1.00 bits per heavy atom. The van der Waals surface area contributed by atoms with Crippen LogP contribution >= 0.6 is 0 Å². The van der Waals surface area contributed by atoms with Gasteiger partial charge in [-0.3, -0.25) is 0 Å². The van der Waals surface area contributed by atoms with Crippen LogP contribution in [0.4, 0.5) is 51.2 Å². The summed E-state index contributed by atoms with van der Waals surface area (Å²) in [5.41, 5.74) is 17.6. The summed E-state index contributed by atoms with van der Waals surface area (Å²) in [6.07, 6.45) is 1.85. The fraction of sp³-hybridized carbons (Fsp3) is 0. The highest BCUT2D eigenvalue weighted by Crippen LogP contribution is 2.50. The summed E-state index contributed by atoms with van der Waals surface area (Å²) in [4.78, 5) is 4.49. The van der Waals surface area contributed by atoms with Crippen molar-refractivity contribution >= 4 is 56.9 Å². The summed E-state index contributed by atoms with van der Waals surface area (Å²) in [6, 6.07) is 49.5. The zero-order valence-electron chi connectivity index (χ0n) is 23.8. The molecule has 0 atom stereocenters. The normalized spacial score (nSPS) is 13.0. The number of nitrogens with one attached hydrogen (secondary N) is 2. The number of nitrogens with zero attached hydrogens (tertiary/aromatic N) is 2. The van der Waals surface area contributed by atoms with Crippen LogP contribution in [-0.4, -0.2) is 0 Å². The van der Waals surface area contributed by atoms with Gasteiger partial charge in [0.25, 0.3) is 0 Å². The summed E-state index contributed by atoms with van der Waals surface area (Å²) in [5.74, 6) is 1.67. The SMILES string of the molecule is N/C(=C\Nc1ccc(N2c3ccccc3Oc3ccccc32)cc1)c1ccc(N2c3ccccc3Nc3ccccc32)cc1. The quantitative estimate of drug-likeness (QED) is 0.191. The van der Waals surface area contributed by atoms with Gasteiger partial charge in [0.2, 0.25) is 0 Å². The molecule has 0 saturated heterocycles. The van der Waals surface area contributed by atoms with Crippen LogP contribution in [0.5, 0.6) is 11.5 Å². The second-order valence-electron chi connectivity index (χ2n) is 10.7. The molecule has 2 aliphatic heterocycles. The summed E-state index contributed by atoms with van der Waals surface area (Å²) >= 11 is 0. The Balaban J connectivity index is 1.02. The maximum absolute atomic E-state index is 6.53. The number of anilines is 9. The van der Waals surface area contributed by atoms with Gasteiger partial charge in [0.05, 0.1) is 39.8 Å². The van der Waals surface area contributed by atoms with E-state index in [0.717, 1.165) is 68.2 Å². The van der Waals surface area contributed by atoms with Crippen LogP contribution in [0.25, 0.3) is 5.70 Å². The van der Waals surface area contributed by atoms with Gasteiger partial charge < -0.3 is 30.9 Å². The van der Waals surface area contributed by atoms with Crippen LogP contribution in [0.3, 0.4) is 0 Å². The van der Waals surface area contributed by atoms with Crippen LogP contribution in [0, 0.1) is 0 Å². The van der Waals surface area contributed by atoms with E-state index in [0.29, 0.717) is 5.70 Å². The molecule has 0 radical (unpaired) electrons. The molecule has 6 nitrogen and oxygen atoms in total. The molecular formula is C38H29N5O. The number of ether oxygens (including phenoxy) is 1. The zero-order valence-corrected chi connectivity index (χ0v) is 23.8. The van der Waals surface area contributed by atoms with Crippen molar-refractivity contribution in [3.05, 3.63) is 157 Å². The van der Waals surface area contributed by atoms with Crippen molar-refractivity contribution in [1.82, 2.24) is 0 Å². The van der Waals surface area contributed by atoms with Gasteiger partial charge in [0.1, 0.15) is 0 Å². The molecule has 4 N–H and O–H groups in total. The highest BCUT2D eigenvalue weighted by Gasteiger charge is 2.25. The lowest BCUT2D eigenvalue weighted by Gasteiger charge is -2.34. The third kappa shape index (κ3) is 4.46. The van der Waals surface area contributed by atoms with Crippen molar-refractivity contribution < 1.29 is 4.74 Å². The Morgan fingerprint density at radius 1 is 0.545 bits per heavy atom. The minimum atomic E-state index is 0.651. The molecule has 2 aliphatic rings. The molecule has 0 aromatic heterocycles. The van der Waals surface area contributed by atoms with Crippen LogP contribution in [0.15, 0.2) is 152 Å². The van der Waals surface area contributed by atoms with Crippen molar-refractivity contribution in [2.75, 3.05) is 20.4 Å². The first-order valence-electron chi connectivity index (χ1n) is 14.6. The van der Waals surface area contributed by atoms with Crippen LogP contribution < -0.4 is 30.9 Å². The van der Waals surface area contributed by atoms with Gasteiger partial charge in [0, 0.05) is 23.3 Å². The van der Waals surface area contributed by atoms with E-state index in [1.807, 2.05) is 54.7 Å². The number of nitrogens with two attached hydrogens (primary N) is 1. The van der Waals surface area contributed by atoms with Crippen molar-refractivity contribution in [2.45, 2.75) is 0 Å². The van der Waals surface area contributed by atoms with Crippen molar-refractivity contribution in [1.29, 1.82) is 0 Å². The highest BCUT2D eigenvalue weighted by molar-refractivity contribution is 5.96. The average Bonchev–Trinajstić information content (AvgIpc) is 3.09. The second kappa shape index (κ2) is 10.6. The van der Waals surface area contributed by atoms with E-state index in [-0.39, 0.29) is 0 Å².